The van der Waals surface area contributed by atoms with Gasteiger partial charge in [0.1, 0.15) is 0 Å². The van der Waals surface area contributed by atoms with Crippen LogP contribution in [-0.4, -0.2) is 23.4 Å². The molecule has 0 aromatic heterocycles. The summed E-state index contributed by atoms with van der Waals surface area (Å²) >= 11 is 0. The lowest BCUT2D eigenvalue weighted by atomic mass is 10.0. The Labute approximate surface area is 77.8 Å². The molecule has 0 saturated heterocycles. The first-order valence-electron chi connectivity index (χ1n) is 4.59. The van der Waals surface area contributed by atoms with Gasteiger partial charge in [0.15, 0.2) is 0 Å². The molecule has 2 rings (SSSR count). The van der Waals surface area contributed by atoms with Crippen molar-refractivity contribution in [2.24, 2.45) is 5.41 Å². The van der Waals surface area contributed by atoms with Gasteiger partial charge in [-0.3, -0.25) is 0 Å². The molecule has 0 aliphatic heterocycles. The first kappa shape index (κ1) is 8.73. The Bertz CT molecular complexity index is 277. The predicted octanol–water partition coefficient (Wildman–Crippen LogP) is 1.14. The van der Waals surface area contributed by atoms with E-state index in [1.54, 1.807) is 0 Å². The van der Waals surface area contributed by atoms with Crippen molar-refractivity contribution in [3.63, 3.8) is 0 Å². The highest BCUT2D eigenvalue weighted by atomic mass is 16.3. The molecule has 1 saturated carbocycles. The van der Waals surface area contributed by atoms with Crippen LogP contribution in [0.25, 0.3) is 0 Å². The van der Waals surface area contributed by atoms with Gasteiger partial charge in [0, 0.05) is 5.41 Å². The topological polar surface area (TPSA) is 40.5 Å². The standard InChI is InChI=1S/C11H14O2/c12-7-11(8-13)6-10(11)9-4-2-1-3-5-9/h1-5,10,12-13H,6-8H2/t10-/m0/s1. The number of aliphatic hydroxyl groups excluding tert-OH is 2. The molecule has 1 aliphatic carbocycles. The summed E-state index contributed by atoms with van der Waals surface area (Å²) in [5.74, 6) is 0.351. The van der Waals surface area contributed by atoms with Crippen LogP contribution in [0.2, 0.25) is 0 Å². The zero-order valence-corrected chi connectivity index (χ0v) is 7.48. The van der Waals surface area contributed by atoms with E-state index >= 15 is 0 Å². The molecule has 2 nitrogen and oxygen atoms in total. The molecule has 2 N–H and O–H groups in total. The molecule has 13 heavy (non-hydrogen) atoms. The van der Waals surface area contributed by atoms with E-state index in [-0.39, 0.29) is 18.6 Å². The third kappa shape index (κ3) is 1.36. The van der Waals surface area contributed by atoms with Gasteiger partial charge in [-0.05, 0) is 17.9 Å². The first-order chi connectivity index (χ1) is 6.32. The number of rotatable bonds is 3. The number of hydrogen-bond donors (Lipinski definition) is 2. The summed E-state index contributed by atoms with van der Waals surface area (Å²) < 4.78 is 0. The monoisotopic (exact) mass is 178 g/mol. The zero-order valence-electron chi connectivity index (χ0n) is 7.48. The van der Waals surface area contributed by atoms with Crippen LogP contribution in [0.1, 0.15) is 17.9 Å². The van der Waals surface area contributed by atoms with Crippen LogP contribution >= 0.6 is 0 Å². The molecule has 0 radical (unpaired) electrons. The summed E-state index contributed by atoms with van der Waals surface area (Å²) in [6.07, 6.45) is 0.907. The summed E-state index contributed by atoms with van der Waals surface area (Å²) in [6, 6.07) is 10.1. The maximum atomic E-state index is 9.13. The quantitative estimate of drug-likeness (QED) is 0.728. The lowest BCUT2D eigenvalue weighted by molar-refractivity contribution is 0.129. The summed E-state index contributed by atoms with van der Waals surface area (Å²) in [7, 11) is 0. The predicted molar refractivity (Wildman–Crippen MR) is 50.4 cm³/mol. The molecule has 1 aromatic carbocycles. The molecule has 1 aromatic rings. The van der Waals surface area contributed by atoms with E-state index < -0.39 is 0 Å². The Morgan fingerprint density at radius 3 is 2.23 bits per heavy atom. The van der Waals surface area contributed by atoms with Crippen molar-refractivity contribution in [3.8, 4) is 0 Å². The van der Waals surface area contributed by atoms with Gasteiger partial charge >= 0.3 is 0 Å². The van der Waals surface area contributed by atoms with Gasteiger partial charge in [0.2, 0.25) is 0 Å². The second-order valence-corrected chi connectivity index (χ2v) is 3.85. The lowest BCUT2D eigenvalue weighted by Gasteiger charge is -2.09. The van der Waals surface area contributed by atoms with Crippen LogP contribution in [0, 0.1) is 5.41 Å². The Balaban J connectivity index is 2.15. The fraction of sp³-hybridized carbons (Fsp3) is 0.455. The van der Waals surface area contributed by atoms with Crippen molar-refractivity contribution in [1.29, 1.82) is 0 Å². The summed E-state index contributed by atoms with van der Waals surface area (Å²) in [5, 5.41) is 18.3. The Hall–Kier alpha value is -0.860. The fourth-order valence-corrected chi connectivity index (χ4v) is 1.90. The minimum atomic E-state index is -0.235. The summed E-state index contributed by atoms with van der Waals surface area (Å²) in [6.45, 7) is 0.173. The molecule has 1 fully saturated rings. The van der Waals surface area contributed by atoms with E-state index in [1.165, 1.54) is 5.56 Å². The summed E-state index contributed by atoms with van der Waals surface area (Å²) in [4.78, 5) is 0. The van der Waals surface area contributed by atoms with Crippen molar-refractivity contribution in [3.05, 3.63) is 35.9 Å². The highest BCUT2D eigenvalue weighted by Crippen LogP contribution is 2.58. The average molecular weight is 178 g/mol. The smallest absolute Gasteiger partial charge is 0.0515 e. The number of benzene rings is 1. The molecule has 0 spiro atoms. The molecular weight excluding hydrogens is 164 g/mol. The normalized spacial score (nSPS) is 24.3. The maximum Gasteiger partial charge on any atom is 0.0515 e. The van der Waals surface area contributed by atoms with Gasteiger partial charge in [0.25, 0.3) is 0 Å². The first-order valence-corrected chi connectivity index (χ1v) is 4.59. The minimum Gasteiger partial charge on any atom is -0.396 e. The minimum absolute atomic E-state index is 0.0864. The Morgan fingerprint density at radius 2 is 1.77 bits per heavy atom. The van der Waals surface area contributed by atoms with Gasteiger partial charge < -0.3 is 10.2 Å². The van der Waals surface area contributed by atoms with Crippen molar-refractivity contribution >= 4 is 0 Å². The fourth-order valence-electron chi connectivity index (χ4n) is 1.90. The van der Waals surface area contributed by atoms with Gasteiger partial charge in [-0.1, -0.05) is 30.3 Å². The van der Waals surface area contributed by atoms with Crippen molar-refractivity contribution in [2.75, 3.05) is 13.2 Å². The molecule has 0 amide bonds. The highest BCUT2D eigenvalue weighted by molar-refractivity contribution is 5.29. The van der Waals surface area contributed by atoms with Gasteiger partial charge in [-0.25, -0.2) is 0 Å². The Kier molecular flexibility index (Phi) is 2.10. The van der Waals surface area contributed by atoms with E-state index in [1.807, 2.05) is 18.2 Å². The van der Waals surface area contributed by atoms with E-state index in [0.717, 1.165) is 6.42 Å². The molecule has 0 heterocycles. The van der Waals surface area contributed by atoms with Crippen LogP contribution in [0.15, 0.2) is 30.3 Å². The highest BCUT2D eigenvalue weighted by Gasteiger charge is 2.53. The van der Waals surface area contributed by atoms with Gasteiger partial charge in [-0.15, -0.1) is 0 Å². The molecule has 70 valence electrons. The van der Waals surface area contributed by atoms with Crippen LogP contribution in [-0.2, 0) is 0 Å². The van der Waals surface area contributed by atoms with Crippen LogP contribution in [0.4, 0.5) is 0 Å². The van der Waals surface area contributed by atoms with E-state index in [2.05, 4.69) is 12.1 Å². The average Bonchev–Trinajstić information content (AvgIpc) is 2.95. The third-order valence-electron chi connectivity index (χ3n) is 3.02. The molecule has 0 bridgehead atoms. The van der Waals surface area contributed by atoms with Gasteiger partial charge in [-0.2, -0.15) is 0 Å². The summed E-state index contributed by atoms with van der Waals surface area (Å²) in [5.41, 5.74) is 0.993. The molecular formula is C11H14O2. The molecule has 2 heteroatoms. The van der Waals surface area contributed by atoms with Crippen LogP contribution in [0.5, 0.6) is 0 Å². The van der Waals surface area contributed by atoms with E-state index in [4.69, 9.17) is 10.2 Å². The van der Waals surface area contributed by atoms with Crippen molar-refractivity contribution in [2.45, 2.75) is 12.3 Å². The molecule has 1 atom stereocenters. The van der Waals surface area contributed by atoms with E-state index in [0.29, 0.717) is 5.92 Å². The van der Waals surface area contributed by atoms with Crippen LogP contribution < -0.4 is 0 Å². The zero-order chi connectivity index (χ0) is 9.31. The largest absolute Gasteiger partial charge is 0.396 e. The second kappa shape index (κ2) is 3.13. The number of hydrogen-bond acceptors (Lipinski definition) is 2. The third-order valence-corrected chi connectivity index (χ3v) is 3.02. The van der Waals surface area contributed by atoms with Crippen LogP contribution in [0.3, 0.4) is 0 Å². The number of aliphatic hydroxyl groups is 2. The van der Waals surface area contributed by atoms with Crippen molar-refractivity contribution < 1.29 is 10.2 Å². The Morgan fingerprint density at radius 1 is 1.15 bits per heavy atom. The molecule has 1 aliphatic rings. The maximum absolute atomic E-state index is 9.13. The van der Waals surface area contributed by atoms with Gasteiger partial charge in [0.05, 0.1) is 13.2 Å². The van der Waals surface area contributed by atoms with E-state index in [9.17, 15) is 0 Å². The van der Waals surface area contributed by atoms with Crippen molar-refractivity contribution in [1.82, 2.24) is 0 Å². The SMILES string of the molecule is OCC1(CO)C[C@H]1c1ccccc1. The molecule has 0 unspecified atom stereocenters. The lowest BCUT2D eigenvalue weighted by Crippen LogP contribution is -2.14. The second-order valence-electron chi connectivity index (χ2n) is 3.85.